The van der Waals surface area contributed by atoms with E-state index in [9.17, 15) is 9.59 Å². The van der Waals surface area contributed by atoms with E-state index in [0.29, 0.717) is 37.7 Å². The Kier molecular flexibility index (Phi) is 6.45. The van der Waals surface area contributed by atoms with Crippen molar-refractivity contribution >= 4 is 23.1 Å². The van der Waals surface area contributed by atoms with Gasteiger partial charge in [-0.1, -0.05) is 36.4 Å². The standard InChI is InChI=1S/C22H24N2O4/c1-16(25)23-20-14-18(8-9-21(20)27-2)19(17-6-4-3-5-7-17)15-22(26)24-10-12-28-13-11-24/h3-9,14-15H,10-13H2,1-2H3,(H,23,25). The van der Waals surface area contributed by atoms with E-state index in [-0.39, 0.29) is 11.8 Å². The van der Waals surface area contributed by atoms with Gasteiger partial charge < -0.3 is 19.7 Å². The molecule has 0 radical (unpaired) electrons. The molecule has 2 aromatic rings. The highest BCUT2D eigenvalue weighted by Crippen LogP contribution is 2.31. The maximum atomic E-state index is 12.8. The predicted molar refractivity (Wildman–Crippen MR) is 108 cm³/mol. The molecule has 28 heavy (non-hydrogen) atoms. The van der Waals surface area contributed by atoms with Crippen LogP contribution in [-0.2, 0) is 14.3 Å². The summed E-state index contributed by atoms with van der Waals surface area (Å²) in [5.74, 6) is 0.315. The molecule has 2 aromatic carbocycles. The molecule has 1 aliphatic heterocycles. The second-order valence-electron chi connectivity index (χ2n) is 6.46. The Morgan fingerprint density at radius 3 is 2.43 bits per heavy atom. The normalized spacial score (nSPS) is 14.5. The van der Waals surface area contributed by atoms with Crippen LogP contribution in [0.15, 0.2) is 54.6 Å². The number of methoxy groups -OCH3 is 1. The van der Waals surface area contributed by atoms with E-state index in [2.05, 4.69) is 5.32 Å². The third-order valence-corrected chi connectivity index (χ3v) is 4.50. The van der Waals surface area contributed by atoms with Crippen molar-refractivity contribution in [1.82, 2.24) is 4.90 Å². The smallest absolute Gasteiger partial charge is 0.247 e. The topological polar surface area (TPSA) is 67.9 Å². The van der Waals surface area contributed by atoms with Crippen molar-refractivity contribution < 1.29 is 19.1 Å². The number of carbonyl (C=O) groups excluding carboxylic acids is 2. The maximum absolute atomic E-state index is 12.8. The molecule has 2 amide bonds. The Morgan fingerprint density at radius 1 is 1.07 bits per heavy atom. The summed E-state index contributed by atoms with van der Waals surface area (Å²) in [5, 5.41) is 2.78. The van der Waals surface area contributed by atoms with Gasteiger partial charge in [0.05, 0.1) is 26.0 Å². The minimum absolute atomic E-state index is 0.0564. The van der Waals surface area contributed by atoms with Gasteiger partial charge in [0.1, 0.15) is 5.75 Å². The zero-order chi connectivity index (χ0) is 19.9. The van der Waals surface area contributed by atoms with Crippen LogP contribution < -0.4 is 10.1 Å². The van der Waals surface area contributed by atoms with Crippen LogP contribution in [0.5, 0.6) is 5.75 Å². The first kappa shape index (κ1) is 19.6. The van der Waals surface area contributed by atoms with Crippen LogP contribution in [0, 0.1) is 0 Å². The van der Waals surface area contributed by atoms with Gasteiger partial charge in [-0.25, -0.2) is 0 Å². The quantitative estimate of drug-likeness (QED) is 0.810. The fraction of sp³-hybridized carbons (Fsp3) is 0.273. The number of nitrogens with zero attached hydrogens (tertiary/aromatic N) is 1. The van der Waals surface area contributed by atoms with E-state index in [4.69, 9.17) is 9.47 Å². The van der Waals surface area contributed by atoms with Crippen LogP contribution >= 0.6 is 0 Å². The summed E-state index contributed by atoms with van der Waals surface area (Å²) >= 11 is 0. The van der Waals surface area contributed by atoms with E-state index in [0.717, 1.165) is 16.7 Å². The zero-order valence-electron chi connectivity index (χ0n) is 16.1. The molecule has 146 valence electrons. The lowest BCUT2D eigenvalue weighted by atomic mass is 9.96. The highest BCUT2D eigenvalue weighted by atomic mass is 16.5. The molecule has 1 saturated heterocycles. The summed E-state index contributed by atoms with van der Waals surface area (Å²) in [5.41, 5.74) is 3.08. The van der Waals surface area contributed by atoms with Crippen LogP contribution in [0.4, 0.5) is 5.69 Å². The third-order valence-electron chi connectivity index (χ3n) is 4.50. The van der Waals surface area contributed by atoms with Crippen molar-refractivity contribution in [2.45, 2.75) is 6.92 Å². The number of hydrogen-bond donors (Lipinski definition) is 1. The summed E-state index contributed by atoms with van der Waals surface area (Å²) in [6, 6.07) is 15.2. The molecule has 0 aromatic heterocycles. The van der Waals surface area contributed by atoms with Crippen molar-refractivity contribution in [3.05, 3.63) is 65.7 Å². The molecule has 6 heteroatoms. The van der Waals surface area contributed by atoms with Crippen LogP contribution in [0.25, 0.3) is 5.57 Å². The highest BCUT2D eigenvalue weighted by Gasteiger charge is 2.17. The fourth-order valence-corrected chi connectivity index (χ4v) is 3.11. The van der Waals surface area contributed by atoms with Crippen molar-refractivity contribution in [1.29, 1.82) is 0 Å². The Bertz CT molecular complexity index is 871. The predicted octanol–water partition coefficient (Wildman–Crippen LogP) is 2.94. The van der Waals surface area contributed by atoms with Gasteiger partial charge in [0, 0.05) is 26.1 Å². The van der Waals surface area contributed by atoms with Gasteiger partial charge in [0.2, 0.25) is 11.8 Å². The Labute approximate surface area is 164 Å². The van der Waals surface area contributed by atoms with Crippen LogP contribution in [-0.4, -0.2) is 50.1 Å². The monoisotopic (exact) mass is 380 g/mol. The van der Waals surface area contributed by atoms with E-state index in [1.54, 1.807) is 24.2 Å². The maximum Gasteiger partial charge on any atom is 0.247 e. The van der Waals surface area contributed by atoms with Gasteiger partial charge in [-0.2, -0.15) is 0 Å². The lowest BCUT2D eigenvalue weighted by Crippen LogP contribution is -2.39. The number of morpholine rings is 1. The molecule has 3 rings (SSSR count). The van der Waals surface area contributed by atoms with Gasteiger partial charge >= 0.3 is 0 Å². The highest BCUT2D eigenvalue weighted by molar-refractivity contribution is 6.00. The largest absolute Gasteiger partial charge is 0.495 e. The molecule has 1 fully saturated rings. The first-order chi connectivity index (χ1) is 13.6. The lowest BCUT2D eigenvalue weighted by molar-refractivity contribution is -0.129. The minimum atomic E-state index is -0.190. The molecule has 0 atom stereocenters. The molecule has 0 spiro atoms. The summed E-state index contributed by atoms with van der Waals surface area (Å²) < 4.78 is 10.7. The van der Waals surface area contributed by atoms with Gasteiger partial charge in [0.15, 0.2) is 0 Å². The van der Waals surface area contributed by atoms with Crippen molar-refractivity contribution in [3.63, 3.8) is 0 Å². The SMILES string of the molecule is COc1ccc(C(=CC(=O)N2CCOCC2)c2ccccc2)cc1NC(C)=O. The summed E-state index contributed by atoms with van der Waals surface area (Å²) in [6.45, 7) is 3.71. The van der Waals surface area contributed by atoms with Crippen molar-refractivity contribution in [3.8, 4) is 5.75 Å². The van der Waals surface area contributed by atoms with Crippen molar-refractivity contribution in [2.75, 3.05) is 38.7 Å². The molecule has 0 saturated carbocycles. The Balaban J connectivity index is 2.03. The van der Waals surface area contributed by atoms with Crippen LogP contribution in [0.3, 0.4) is 0 Å². The van der Waals surface area contributed by atoms with E-state index >= 15 is 0 Å². The fourth-order valence-electron chi connectivity index (χ4n) is 3.11. The number of carbonyl (C=O) groups is 2. The lowest BCUT2D eigenvalue weighted by Gasteiger charge is -2.26. The number of nitrogens with one attached hydrogen (secondary N) is 1. The summed E-state index contributed by atoms with van der Waals surface area (Å²) in [4.78, 5) is 26.2. The Morgan fingerprint density at radius 2 is 1.79 bits per heavy atom. The molecule has 1 N–H and O–H groups in total. The van der Waals surface area contributed by atoms with E-state index < -0.39 is 0 Å². The zero-order valence-corrected chi connectivity index (χ0v) is 16.1. The first-order valence-electron chi connectivity index (χ1n) is 9.18. The second-order valence-corrected chi connectivity index (χ2v) is 6.46. The van der Waals surface area contributed by atoms with Crippen molar-refractivity contribution in [2.24, 2.45) is 0 Å². The minimum Gasteiger partial charge on any atom is -0.495 e. The molecule has 1 heterocycles. The van der Waals surface area contributed by atoms with E-state index in [1.165, 1.54) is 6.92 Å². The number of ether oxygens (including phenoxy) is 2. The summed E-state index contributed by atoms with van der Waals surface area (Å²) in [6.07, 6.45) is 1.65. The molecular formula is C22H24N2O4. The van der Waals surface area contributed by atoms with E-state index in [1.807, 2.05) is 42.5 Å². The average Bonchev–Trinajstić information content (AvgIpc) is 2.72. The summed E-state index contributed by atoms with van der Waals surface area (Å²) in [7, 11) is 1.55. The number of hydrogen-bond acceptors (Lipinski definition) is 4. The van der Waals surface area contributed by atoms with Gasteiger partial charge in [-0.05, 0) is 28.8 Å². The third kappa shape index (κ3) is 4.78. The van der Waals surface area contributed by atoms with Crippen LogP contribution in [0.2, 0.25) is 0 Å². The number of benzene rings is 2. The average molecular weight is 380 g/mol. The molecule has 0 unspecified atom stereocenters. The molecule has 6 nitrogen and oxygen atoms in total. The van der Waals surface area contributed by atoms with Gasteiger partial charge in [-0.15, -0.1) is 0 Å². The molecular weight excluding hydrogens is 356 g/mol. The molecule has 0 bridgehead atoms. The van der Waals surface area contributed by atoms with Gasteiger partial charge in [0.25, 0.3) is 0 Å². The van der Waals surface area contributed by atoms with Gasteiger partial charge in [-0.3, -0.25) is 9.59 Å². The Hall–Kier alpha value is -3.12. The number of amides is 2. The molecule has 1 aliphatic rings. The van der Waals surface area contributed by atoms with Crippen LogP contribution in [0.1, 0.15) is 18.1 Å². The number of rotatable bonds is 5. The first-order valence-corrected chi connectivity index (χ1v) is 9.18. The number of anilines is 1. The molecule has 0 aliphatic carbocycles. The second kappa shape index (κ2) is 9.19.